The average molecular weight is 425 g/mol. The molecule has 30 heavy (non-hydrogen) atoms. The topological polar surface area (TPSA) is 84.5 Å². The van der Waals surface area contributed by atoms with Crippen molar-refractivity contribution in [1.82, 2.24) is 5.32 Å². The maximum atomic E-state index is 12.4. The number of sulfonamides is 1. The molecule has 0 aromatic heterocycles. The molecule has 0 unspecified atom stereocenters. The normalized spacial score (nSPS) is 11.0. The Morgan fingerprint density at radius 1 is 0.900 bits per heavy atom. The lowest BCUT2D eigenvalue weighted by atomic mass is 10.1. The van der Waals surface area contributed by atoms with E-state index in [1.54, 1.807) is 36.4 Å². The van der Waals surface area contributed by atoms with Crippen molar-refractivity contribution >= 4 is 21.6 Å². The van der Waals surface area contributed by atoms with Crippen LogP contribution >= 0.6 is 0 Å². The van der Waals surface area contributed by atoms with E-state index in [0.717, 1.165) is 16.9 Å². The zero-order valence-corrected chi connectivity index (χ0v) is 17.7. The molecule has 0 bridgehead atoms. The molecular weight excluding hydrogens is 400 g/mol. The minimum atomic E-state index is -3.72. The van der Waals surface area contributed by atoms with Gasteiger partial charge in [-0.15, -0.1) is 0 Å². The predicted molar refractivity (Wildman–Crippen MR) is 117 cm³/mol. The van der Waals surface area contributed by atoms with Crippen molar-refractivity contribution in [2.75, 3.05) is 17.9 Å². The van der Waals surface area contributed by atoms with E-state index >= 15 is 0 Å². The van der Waals surface area contributed by atoms with Crippen LogP contribution in [-0.4, -0.2) is 27.5 Å². The van der Waals surface area contributed by atoms with Crippen LogP contribution in [-0.2, 0) is 10.0 Å². The molecule has 156 valence electrons. The highest BCUT2D eigenvalue weighted by Gasteiger charge is 2.14. The summed E-state index contributed by atoms with van der Waals surface area (Å²) in [7, 11) is -3.72. The van der Waals surface area contributed by atoms with E-state index < -0.39 is 10.0 Å². The van der Waals surface area contributed by atoms with Gasteiger partial charge in [-0.05, 0) is 67.4 Å². The Hall–Kier alpha value is -3.32. The van der Waals surface area contributed by atoms with E-state index in [1.807, 2.05) is 26.0 Å². The van der Waals surface area contributed by atoms with E-state index in [2.05, 4.69) is 16.1 Å². The molecule has 0 heterocycles. The summed E-state index contributed by atoms with van der Waals surface area (Å²) in [6.07, 6.45) is 0. The lowest BCUT2D eigenvalue weighted by Crippen LogP contribution is -2.28. The molecule has 0 radical (unpaired) electrons. The highest BCUT2D eigenvalue weighted by atomic mass is 32.2. The van der Waals surface area contributed by atoms with Crippen molar-refractivity contribution in [3.8, 4) is 5.75 Å². The van der Waals surface area contributed by atoms with Crippen LogP contribution in [0.5, 0.6) is 5.75 Å². The van der Waals surface area contributed by atoms with Gasteiger partial charge in [-0.25, -0.2) is 8.42 Å². The number of ether oxygens (including phenoxy) is 1. The first kappa shape index (κ1) is 21.4. The van der Waals surface area contributed by atoms with Crippen LogP contribution < -0.4 is 14.8 Å². The Morgan fingerprint density at radius 3 is 2.30 bits per heavy atom. The second-order valence-electron chi connectivity index (χ2n) is 6.93. The standard InChI is InChI=1S/C23H24N2O4S/c1-17-13-18(2)15-21(14-17)29-12-11-24-23(26)19-7-6-8-20(16-19)25-30(27,28)22-9-4-3-5-10-22/h3-10,13-16,25H,11-12H2,1-2H3,(H,24,26). The monoisotopic (exact) mass is 424 g/mol. The summed E-state index contributed by atoms with van der Waals surface area (Å²) in [6.45, 7) is 4.65. The summed E-state index contributed by atoms with van der Waals surface area (Å²) in [6, 6.07) is 20.4. The van der Waals surface area contributed by atoms with Crippen molar-refractivity contribution in [2.24, 2.45) is 0 Å². The van der Waals surface area contributed by atoms with Gasteiger partial charge in [0.05, 0.1) is 11.4 Å². The third-order valence-corrected chi connectivity index (χ3v) is 5.68. The molecular formula is C23H24N2O4S. The molecule has 2 N–H and O–H groups in total. The summed E-state index contributed by atoms with van der Waals surface area (Å²) >= 11 is 0. The van der Waals surface area contributed by atoms with Gasteiger partial charge in [-0.2, -0.15) is 0 Å². The fraction of sp³-hybridized carbons (Fsp3) is 0.174. The van der Waals surface area contributed by atoms with Gasteiger partial charge in [0.15, 0.2) is 0 Å². The molecule has 0 saturated carbocycles. The van der Waals surface area contributed by atoms with Crippen LogP contribution in [0.15, 0.2) is 77.7 Å². The number of carbonyl (C=O) groups excluding carboxylic acids is 1. The second-order valence-corrected chi connectivity index (χ2v) is 8.61. The summed E-state index contributed by atoms with van der Waals surface area (Å²) in [5, 5.41) is 2.78. The zero-order valence-electron chi connectivity index (χ0n) is 16.9. The third kappa shape index (κ3) is 5.84. The lowest BCUT2D eigenvalue weighted by molar-refractivity contribution is 0.0947. The minimum Gasteiger partial charge on any atom is -0.492 e. The molecule has 0 saturated heterocycles. The quantitative estimate of drug-likeness (QED) is 0.537. The number of nitrogens with one attached hydrogen (secondary N) is 2. The van der Waals surface area contributed by atoms with Gasteiger partial charge < -0.3 is 10.1 Å². The van der Waals surface area contributed by atoms with E-state index in [9.17, 15) is 13.2 Å². The van der Waals surface area contributed by atoms with Gasteiger partial charge in [0, 0.05) is 11.3 Å². The first-order chi connectivity index (χ1) is 14.3. The minimum absolute atomic E-state index is 0.156. The van der Waals surface area contributed by atoms with Crippen LogP contribution in [0.3, 0.4) is 0 Å². The van der Waals surface area contributed by atoms with Crippen molar-refractivity contribution < 1.29 is 17.9 Å². The Labute approximate surface area is 177 Å². The van der Waals surface area contributed by atoms with Crippen molar-refractivity contribution in [2.45, 2.75) is 18.7 Å². The molecule has 3 aromatic rings. The van der Waals surface area contributed by atoms with Gasteiger partial charge in [0.2, 0.25) is 0 Å². The van der Waals surface area contributed by atoms with Crippen LogP contribution in [0.1, 0.15) is 21.5 Å². The van der Waals surface area contributed by atoms with E-state index in [4.69, 9.17) is 4.74 Å². The van der Waals surface area contributed by atoms with Crippen LogP contribution in [0.4, 0.5) is 5.69 Å². The van der Waals surface area contributed by atoms with Gasteiger partial charge in [0.1, 0.15) is 12.4 Å². The number of carbonyl (C=O) groups is 1. The molecule has 3 rings (SSSR count). The first-order valence-corrected chi connectivity index (χ1v) is 11.0. The summed E-state index contributed by atoms with van der Waals surface area (Å²) in [5.41, 5.74) is 2.90. The Kier molecular flexibility index (Phi) is 6.74. The molecule has 0 atom stereocenters. The Balaban J connectivity index is 1.56. The largest absolute Gasteiger partial charge is 0.492 e. The molecule has 3 aromatic carbocycles. The predicted octanol–water partition coefficient (Wildman–Crippen LogP) is 3.91. The SMILES string of the molecule is Cc1cc(C)cc(OCCNC(=O)c2cccc(NS(=O)(=O)c3ccccc3)c2)c1. The fourth-order valence-electron chi connectivity index (χ4n) is 2.99. The lowest BCUT2D eigenvalue weighted by Gasteiger charge is -2.11. The number of rotatable bonds is 8. The Morgan fingerprint density at radius 2 is 1.60 bits per heavy atom. The van der Waals surface area contributed by atoms with Crippen LogP contribution in [0.25, 0.3) is 0 Å². The number of anilines is 1. The molecule has 7 heteroatoms. The molecule has 0 spiro atoms. The zero-order chi connectivity index (χ0) is 21.6. The molecule has 1 amide bonds. The third-order valence-electron chi connectivity index (χ3n) is 4.28. The number of benzene rings is 3. The van der Waals surface area contributed by atoms with E-state index in [0.29, 0.717) is 24.4 Å². The van der Waals surface area contributed by atoms with Crippen molar-refractivity contribution in [3.05, 3.63) is 89.5 Å². The number of hydrogen-bond donors (Lipinski definition) is 2. The summed E-state index contributed by atoms with van der Waals surface area (Å²) in [4.78, 5) is 12.6. The second kappa shape index (κ2) is 9.45. The van der Waals surface area contributed by atoms with Gasteiger partial charge >= 0.3 is 0 Å². The highest BCUT2D eigenvalue weighted by Crippen LogP contribution is 2.18. The first-order valence-electron chi connectivity index (χ1n) is 9.51. The van der Waals surface area contributed by atoms with E-state index in [-0.39, 0.29) is 10.8 Å². The molecule has 0 aliphatic carbocycles. The van der Waals surface area contributed by atoms with Gasteiger partial charge in [0.25, 0.3) is 15.9 Å². The molecule has 6 nitrogen and oxygen atoms in total. The average Bonchev–Trinajstić information content (AvgIpc) is 2.71. The number of aryl methyl sites for hydroxylation is 2. The fourth-order valence-corrected chi connectivity index (χ4v) is 4.06. The highest BCUT2D eigenvalue weighted by molar-refractivity contribution is 7.92. The van der Waals surface area contributed by atoms with Crippen molar-refractivity contribution in [3.63, 3.8) is 0 Å². The summed E-state index contributed by atoms with van der Waals surface area (Å²) < 4.78 is 33.1. The molecule has 0 fully saturated rings. The molecule has 0 aliphatic heterocycles. The smallest absolute Gasteiger partial charge is 0.261 e. The van der Waals surface area contributed by atoms with Gasteiger partial charge in [-0.3, -0.25) is 9.52 Å². The van der Waals surface area contributed by atoms with Crippen LogP contribution in [0, 0.1) is 13.8 Å². The maximum Gasteiger partial charge on any atom is 0.261 e. The Bertz CT molecular complexity index is 1110. The van der Waals surface area contributed by atoms with Crippen molar-refractivity contribution in [1.29, 1.82) is 0 Å². The summed E-state index contributed by atoms with van der Waals surface area (Å²) in [5.74, 6) is 0.457. The number of hydrogen-bond acceptors (Lipinski definition) is 4. The van der Waals surface area contributed by atoms with E-state index in [1.165, 1.54) is 18.2 Å². The molecule has 0 aliphatic rings. The number of amides is 1. The maximum absolute atomic E-state index is 12.4. The van der Waals surface area contributed by atoms with Gasteiger partial charge in [-0.1, -0.05) is 30.3 Å². The van der Waals surface area contributed by atoms with Crippen LogP contribution in [0.2, 0.25) is 0 Å².